The van der Waals surface area contributed by atoms with Crippen LogP contribution < -0.4 is 10.2 Å². The Morgan fingerprint density at radius 1 is 1.22 bits per heavy atom. The van der Waals surface area contributed by atoms with E-state index in [2.05, 4.69) is 41.4 Å². The number of nitrogens with one attached hydrogen (secondary N) is 1. The Morgan fingerprint density at radius 2 is 1.94 bits per heavy atom. The third kappa shape index (κ3) is 3.39. The molecule has 1 unspecified atom stereocenters. The van der Waals surface area contributed by atoms with Gasteiger partial charge in [0.1, 0.15) is 0 Å². The van der Waals surface area contributed by atoms with Crippen molar-refractivity contribution in [1.29, 1.82) is 0 Å². The zero-order valence-corrected chi connectivity index (χ0v) is 11.5. The number of hydrogen-bond donors (Lipinski definition) is 1. The second-order valence-electron chi connectivity index (χ2n) is 5.07. The van der Waals surface area contributed by atoms with Crippen LogP contribution in [0, 0.1) is 0 Å². The third-order valence-electron chi connectivity index (χ3n) is 3.42. The number of piperidine rings is 1. The lowest BCUT2D eigenvalue weighted by Crippen LogP contribution is -2.31. The molecule has 1 heterocycles. The zero-order valence-electron chi connectivity index (χ0n) is 11.5. The number of benzene rings is 1. The van der Waals surface area contributed by atoms with Gasteiger partial charge in [-0.3, -0.25) is 0 Å². The Labute approximate surface area is 110 Å². The predicted molar refractivity (Wildman–Crippen MR) is 77.5 cm³/mol. The summed E-state index contributed by atoms with van der Waals surface area (Å²) in [6.07, 6.45) is 3.98. The summed E-state index contributed by atoms with van der Waals surface area (Å²) in [5, 5.41) is 3.54. The van der Waals surface area contributed by atoms with Crippen LogP contribution in [0.3, 0.4) is 0 Å². The Balaban J connectivity index is 2.09. The fourth-order valence-electron chi connectivity index (χ4n) is 2.56. The van der Waals surface area contributed by atoms with Gasteiger partial charge >= 0.3 is 0 Å². The summed E-state index contributed by atoms with van der Waals surface area (Å²) in [4.78, 5) is 2.49. The second kappa shape index (κ2) is 6.64. The molecule has 0 amide bonds. The molecule has 100 valence electrons. The summed E-state index contributed by atoms with van der Waals surface area (Å²) >= 11 is 0. The van der Waals surface area contributed by atoms with Crippen molar-refractivity contribution in [3.8, 4) is 0 Å². The van der Waals surface area contributed by atoms with Gasteiger partial charge in [0.15, 0.2) is 0 Å². The second-order valence-corrected chi connectivity index (χ2v) is 5.07. The third-order valence-corrected chi connectivity index (χ3v) is 3.42. The van der Waals surface area contributed by atoms with Gasteiger partial charge < -0.3 is 15.0 Å². The number of para-hydroxylation sites is 2. The van der Waals surface area contributed by atoms with E-state index in [4.69, 9.17) is 4.74 Å². The van der Waals surface area contributed by atoms with E-state index >= 15 is 0 Å². The molecule has 18 heavy (non-hydrogen) atoms. The summed E-state index contributed by atoms with van der Waals surface area (Å²) < 4.78 is 5.19. The average Bonchev–Trinajstić information content (AvgIpc) is 2.40. The molecule has 1 aromatic rings. The Bertz CT molecular complexity index is 361. The van der Waals surface area contributed by atoms with Gasteiger partial charge in [0, 0.05) is 26.2 Å². The molecule has 3 nitrogen and oxygen atoms in total. The largest absolute Gasteiger partial charge is 0.383 e. The number of anilines is 2. The first-order valence-electron chi connectivity index (χ1n) is 6.90. The highest BCUT2D eigenvalue weighted by Gasteiger charge is 2.14. The minimum Gasteiger partial charge on any atom is -0.383 e. The average molecular weight is 248 g/mol. The summed E-state index contributed by atoms with van der Waals surface area (Å²) in [6.45, 7) is 5.24. The monoisotopic (exact) mass is 248 g/mol. The van der Waals surface area contributed by atoms with Crippen molar-refractivity contribution in [1.82, 2.24) is 0 Å². The van der Waals surface area contributed by atoms with Crippen molar-refractivity contribution in [2.75, 3.05) is 37.0 Å². The van der Waals surface area contributed by atoms with E-state index in [1.54, 1.807) is 7.11 Å². The minimum atomic E-state index is 0.334. The first-order valence-corrected chi connectivity index (χ1v) is 6.90. The van der Waals surface area contributed by atoms with Crippen LogP contribution in [-0.2, 0) is 4.74 Å². The Kier molecular flexibility index (Phi) is 4.88. The molecule has 1 aromatic carbocycles. The molecular formula is C15H24N2O. The van der Waals surface area contributed by atoms with E-state index < -0.39 is 0 Å². The molecular weight excluding hydrogens is 224 g/mol. The fourth-order valence-corrected chi connectivity index (χ4v) is 2.56. The molecule has 0 radical (unpaired) electrons. The minimum absolute atomic E-state index is 0.334. The van der Waals surface area contributed by atoms with E-state index in [9.17, 15) is 0 Å². The first kappa shape index (κ1) is 13.2. The molecule has 0 bridgehead atoms. The van der Waals surface area contributed by atoms with E-state index in [1.165, 1.54) is 43.7 Å². The van der Waals surface area contributed by atoms with Crippen LogP contribution >= 0.6 is 0 Å². The Morgan fingerprint density at radius 3 is 2.67 bits per heavy atom. The molecule has 0 spiro atoms. The predicted octanol–water partition coefficient (Wildman–Crippen LogP) is 3.12. The van der Waals surface area contributed by atoms with Gasteiger partial charge in [-0.2, -0.15) is 0 Å². The molecule has 2 rings (SSSR count). The van der Waals surface area contributed by atoms with Crippen molar-refractivity contribution < 1.29 is 4.74 Å². The van der Waals surface area contributed by atoms with Crippen LogP contribution in [0.25, 0.3) is 0 Å². The smallest absolute Gasteiger partial charge is 0.0661 e. The van der Waals surface area contributed by atoms with E-state index in [-0.39, 0.29) is 0 Å². The number of methoxy groups -OCH3 is 1. The summed E-state index contributed by atoms with van der Waals surface area (Å²) in [5.41, 5.74) is 2.56. The number of ether oxygens (including phenoxy) is 1. The normalized spacial score (nSPS) is 17.6. The number of hydrogen-bond acceptors (Lipinski definition) is 3. The molecule has 0 aliphatic carbocycles. The molecule has 1 saturated heterocycles. The highest BCUT2D eigenvalue weighted by molar-refractivity contribution is 5.70. The van der Waals surface area contributed by atoms with Crippen molar-refractivity contribution in [3.05, 3.63) is 24.3 Å². The van der Waals surface area contributed by atoms with Crippen molar-refractivity contribution in [2.24, 2.45) is 0 Å². The van der Waals surface area contributed by atoms with Crippen molar-refractivity contribution in [3.63, 3.8) is 0 Å². The fraction of sp³-hybridized carbons (Fsp3) is 0.600. The van der Waals surface area contributed by atoms with Crippen molar-refractivity contribution >= 4 is 11.4 Å². The highest BCUT2D eigenvalue weighted by atomic mass is 16.5. The van der Waals surface area contributed by atoms with Crippen LogP contribution in [0.5, 0.6) is 0 Å². The van der Waals surface area contributed by atoms with Crippen LogP contribution in [-0.4, -0.2) is 32.8 Å². The van der Waals surface area contributed by atoms with Crippen LogP contribution in [0.1, 0.15) is 26.2 Å². The van der Waals surface area contributed by atoms with E-state index in [0.29, 0.717) is 6.04 Å². The van der Waals surface area contributed by atoms with Gasteiger partial charge in [0.05, 0.1) is 18.0 Å². The molecule has 3 heteroatoms. The van der Waals surface area contributed by atoms with Gasteiger partial charge in [-0.05, 0) is 38.3 Å². The number of nitrogens with zero attached hydrogens (tertiary/aromatic N) is 1. The molecule has 1 N–H and O–H groups in total. The molecule has 1 fully saturated rings. The Hall–Kier alpha value is -1.22. The molecule has 1 aliphatic heterocycles. The van der Waals surface area contributed by atoms with Crippen LogP contribution in [0.4, 0.5) is 11.4 Å². The van der Waals surface area contributed by atoms with Gasteiger partial charge in [-0.1, -0.05) is 12.1 Å². The lowest BCUT2D eigenvalue weighted by Gasteiger charge is -2.31. The lowest BCUT2D eigenvalue weighted by atomic mass is 10.1. The topological polar surface area (TPSA) is 24.5 Å². The van der Waals surface area contributed by atoms with Crippen LogP contribution in [0.2, 0.25) is 0 Å². The summed E-state index contributed by atoms with van der Waals surface area (Å²) in [5.74, 6) is 0. The van der Waals surface area contributed by atoms with Gasteiger partial charge in [-0.15, -0.1) is 0 Å². The SMILES string of the molecule is COCC(C)Nc1ccccc1N1CCCCC1. The lowest BCUT2D eigenvalue weighted by molar-refractivity contribution is 0.190. The maximum atomic E-state index is 5.19. The first-order chi connectivity index (χ1) is 8.81. The van der Waals surface area contributed by atoms with Gasteiger partial charge in [-0.25, -0.2) is 0 Å². The number of rotatable bonds is 5. The molecule has 1 aliphatic rings. The van der Waals surface area contributed by atoms with E-state index in [1.807, 2.05) is 0 Å². The van der Waals surface area contributed by atoms with Gasteiger partial charge in [0.2, 0.25) is 0 Å². The quantitative estimate of drug-likeness (QED) is 0.866. The maximum Gasteiger partial charge on any atom is 0.0661 e. The highest BCUT2D eigenvalue weighted by Crippen LogP contribution is 2.28. The summed E-state index contributed by atoms with van der Waals surface area (Å²) in [7, 11) is 1.74. The van der Waals surface area contributed by atoms with Gasteiger partial charge in [0.25, 0.3) is 0 Å². The van der Waals surface area contributed by atoms with E-state index in [0.717, 1.165) is 6.61 Å². The standard InChI is InChI=1S/C15H24N2O/c1-13(12-18-2)16-14-8-4-5-9-15(14)17-10-6-3-7-11-17/h4-5,8-9,13,16H,3,6-7,10-12H2,1-2H3. The maximum absolute atomic E-state index is 5.19. The molecule has 0 saturated carbocycles. The molecule has 1 atom stereocenters. The summed E-state index contributed by atoms with van der Waals surface area (Å²) in [6, 6.07) is 8.93. The zero-order chi connectivity index (χ0) is 12.8. The van der Waals surface area contributed by atoms with Crippen molar-refractivity contribution in [2.45, 2.75) is 32.2 Å². The van der Waals surface area contributed by atoms with Crippen LogP contribution in [0.15, 0.2) is 24.3 Å². The molecule has 0 aromatic heterocycles.